The lowest BCUT2D eigenvalue weighted by molar-refractivity contribution is -0.132. The van der Waals surface area contributed by atoms with Gasteiger partial charge in [-0.25, -0.2) is 9.59 Å². The Bertz CT molecular complexity index is 1150. The van der Waals surface area contributed by atoms with Crippen molar-refractivity contribution >= 4 is 39.9 Å². The summed E-state index contributed by atoms with van der Waals surface area (Å²) in [7, 11) is -5.24. The van der Waals surface area contributed by atoms with Crippen LogP contribution in [0.2, 0.25) is 0 Å². The number of carbonyl (C=O) groups excluding carboxylic acids is 5. The highest BCUT2D eigenvalue weighted by Crippen LogP contribution is 2.21. The van der Waals surface area contributed by atoms with Crippen molar-refractivity contribution in [2.75, 3.05) is 26.2 Å². The van der Waals surface area contributed by atoms with Gasteiger partial charge in [0.15, 0.2) is 0 Å². The first-order valence-electron chi connectivity index (χ1n) is 13.8. The molecule has 0 saturated carbocycles. The molecule has 0 aliphatic carbocycles. The number of aliphatic hydroxyl groups is 1. The number of nitrogens with one attached hydrogen (secondary N) is 3. The predicted octanol–water partition coefficient (Wildman–Crippen LogP) is -0.219. The van der Waals surface area contributed by atoms with Gasteiger partial charge in [-0.1, -0.05) is 13.8 Å². The van der Waals surface area contributed by atoms with Crippen LogP contribution in [0.3, 0.4) is 0 Å². The Morgan fingerprint density at radius 3 is 2.30 bits per heavy atom. The van der Waals surface area contributed by atoms with Gasteiger partial charge < -0.3 is 35.4 Å². The van der Waals surface area contributed by atoms with E-state index in [1.54, 1.807) is 34.6 Å². The molecule has 5 N–H and O–H groups in total. The Hall–Kier alpha value is -2.98. The number of ketones is 1. The van der Waals surface area contributed by atoms with Crippen molar-refractivity contribution in [2.24, 2.45) is 17.8 Å². The van der Waals surface area contributed by atoms with E-state index in [0.717, 1.165) is 0 Å². The van der Waals surface area contributed by atoms with Gasteiger partial charge in [-0.3, -0.25) is 18.9 Å². The fourth-order valence-corrected chi connectivity index (χ4v) is 4.49. The highest BCUT2D eigenvalue weighted by atomic mass is 32.2. The molecule has 0 spiro atoms. The summed E-state index contributed by atoms with van der Waals surface area (Å²) in [5.74, 6) is -4.83. The van der Waals surface area contributed by atoms with Gasteiger partial charge in [0.2, 0.25) is 23.0 Å². The molecule has 1 unspecified atom stereocenters. The average Bonchev–Trinajstić information content (AvgIpc) is 3.17. The van der Waals surface area contributed by atoms with E-state index in [1.165, 1.54) is 4.90 Å². The first-order valence-corrected chi connectivity index (χ1v) is 14.3. The van der Waals surface area contributed by atoms with Crippen molar-refractivity contribution in [3.05, 3.63) is 0 Å². The number of Topliss-reactive ketones (excluding diaryl/α,β-unsaturated/α-hetero) is 1. The summed E-state index contributed by atoms with van der Waals surface area (Å²) in [5.41, 5.74) is -3.63. The second-order valence-electron chi connectivity index (χ2n) is 11.3. The summed E-state index contributed by atoms with van der Waals surface area (Å²) in [6, 6.07) is -3.13. The Balaban J connectivity index is 2.10. The van der Waals surface area contributed by atoms with Crippen LogP contribution in [0.4, 0.5) is 9.59 Å². The molecule has 228 valence electrons. The number of rotatable bonds is 12. The Labute approximate surface area is 236 Å². The summed E-state index contributed by atoms with van der Waals surface area (Å²) >= 11 is 0. The van der Waals surface area contributed by atoms with Gasteiger partial charge in [0, 0.05) is 31.5 Å². The minimum Gasteiger partial charge on any atom is -0.449 e. The number of alkyl carbamates (subject to hydrolysis) is 1. The molecule has 0 aromatic rings. The van der Waals surface area contributed by atoms with Gasteiger partial charge in [-0.15, -0.1) is 0 Å². The summed E-state index contributed by atoms with van der Waals surface area (Å²) < 4.78 is 58.4. The molecule has 0 bridgehead atoms. The lowest BCUT2D eigenvalue weighted by Crippen LogP contribution is -2.55. The van der Waals surface area contributed by atoms with Crippen LogP contribution in [-0.2, 0) is 34.0 Å². The van der Waals surface area contributed by atoms with E-state index in [4.69, 9.17) is 16.8 Å². The number of hydrogen-bond acceptors (Lipinski definition) is 10. The minimum absolute atomic E-state index is 0.0224. The maximum absolute atomic E-state index is 13.2. The summed E-state index contributed by atoms with van der Waals surface area (Å²) in [6.07, 6.45) is -2.10. The normalized spacial score (nSPS) is 21.2. The molecule has 15 nitrogen and oxygen atoms in total. The van der Waals surface area contributed by atoms with Crippen molar-refractivity contribution < 1.29 is 54.3 Å². The van der Waals surface area contributed by atoms with Gasteiger partial charge >= 0.3 is 12.2 Å². The Morgan fingerprint density at radius 2 is 1.80 bits per heavy atom. The fourth-order valence-electron chi connectivity index (χ4n) is 4.03. The minimum atomic E-state index is -5.24. The molecule has 2 saturated heterocycles. The molecule has 2 heterocycles. The molecule has 16 heteroatoms. The lowest BCUT2D eigenvalue weighted by atomic mass is 9.95. The number of ether oxygens (including phenoxy) is 2. The molecule has 2 fully saturated rings. The quantitative estimate of drug-likeness (QED) is 0.186. The highest BCUT2D eigenvalue weighted by Gasteiger charge is 2.40. The van der Waals surface area contributed by atoms with Crippen molar-refractivity contribution in [1.82, 2.24) is 20.9 Å². The van der Waals surface area contributed by atoms with E-state index < -0.39 is 81.4 Å². The molecule has 4 amide bonds. The van der Waals surface area contributed by atoms with Gasteiger partial charge in [-0.2, -0.15) is 8.42 Å². The van der Waals surface area contributed by atoms with Crippen LogP contribution in [0.25, 0.3) is 0 Å². The van der Waals surface area contributed by atoms with E-state index in [1.807, 2.05) is 0 Å². The average molecular weight is 595 g/mol. The summed E-state index contributed by atoms with van der Waals surface area (Å²) in [6.45, 7) is 6.03. The fraction of sp³-hybridized carbons (Fsp3) is 0.792. The monoisotopic (exact) mass is 594 g/mol. The second-order valence-corrected chi connectivity index (χ2v) is 12.7. The topological polar surface area (TPSA) is 218 Å². The van der Waals surface area contributed by atoms with Gasteiger partial charge in [0.1, 0.15) is 11.6 Å². The third kappa shape index (κ3) is 10.2. The molecular weight excluding hydrogens is 552 g/mol. The zero-order valence-corrected chi connectivity index (χ0v) is 23.9. The Morgan fingerprint density at radius 1 is 1.18 bits per heavy atom. The predicted molar refractivity (Wildman–Crippen MR) is 139 cm³/mol. The molecule has 0 radical (unpaired) electrons. The standard InChI is InChI=1S/C24H40N4O11S/c1-13(2)8-17(27-22(33)38-12-14-10-28(11-14)23(34)39-24(3,4)5)20(31)26-16(9-15-6-7-25-19(15)30)18(29)21(32)40(35,36)37/h13-17,21,32H,6-12H2,1-5H3,(H,25,30)(H,26,31)(H,27,33)(H,35,36,37)/t15-,16+,17+,21?/m1/s1/i12D2. The maximum Gasteiger partial charge on any atom is 0.410 e. The number of aliphatic hydroxyl groups excluding tert-OH is 1. The van der Waals surface area contributed by atoms with Gasteiger partial charge in [0.25, 0.3) is 10.1 Å². The van der Waals surface area contributed by atoms with Crippen molar-refractivity contribution in [1.29, 1.82) is 0 Å². The SMILES string of the molecule is [2H]C([2H])(OC(=O)N[C@@H](CC(C)C)C(=O)N[C@@H](C[C@H]1CCNC1=O)C(=O)C(O)S(=O)(=O)O)C1CN(C(=O)OC(C)(C)C)C1. The van der Waals surface area contributed by atoms with Crippen LogP contribution in [0.15, 0.2) is 0 Å². The van der Waals surface area contributed by atoms with Gasteiger partial charge in [-0.05, 0) is 46.0 Å². The van der Waals surface area contributed by atoms with E-state index in [9.17, 15) is 37.5 Å². The van der Waals surface area contributed by atoms with Crippen molar-refractivity contribution in [3.8, 4) is 0 Å². The molecule has 2 aliphatic rings. The van der Waals surface area contributed by atoms with Crippen LogP contribution in [0.5, 0.6) is 0 Å². The third-order valence-corrected chi connectivity index (χ3v) is 6.83. The molecule has 40 heavy (non-hydrogen) atoms. The number of carbonyl (C=O) groups is 5. The third-order valence-electron chi connectivity index (χ3n) is 6.04. The number of nitrogens with zero attached hydrogens (tertiary/aromatic N) is 1. The summed E-state index contributed by atoms with van der Waals surface area (Å²) in [4.78, 5) is 63.9. The molecule has 2 aliphatic heterocycles. The van der Waals surface area contributed by atoms with Crippen LogP contribution in [0, 0.1) is 17.8 Å². The smallest absolute Gasteiger partial charge is 0.410 e. The maximum atomic E-state index is 13.2. The van der Waals surface area contributed by atoms with Crippen LogP contribution in [-0.4, -0.2) is 102 Å². The van der Waals surface area contributed by atoms with E-state index in [-0.39, 0.29) is 44.8 Å². The molecule has 0 aromatic carbocycles. The van der Waals surface area contributed by atoms with Crippen LogP contribution >= 0.6 is 0 Å². The first-order chi connectivity index (χ1) is 19.1. The number of amides is 4. The zero-order chi connectivity index (χ0) is 32.2. The van der Waals surface area contributed by atoms with E-state index >= 15 is 0 Å². The summed E-state index contributed by atoms with van der Waals surface area (Å²) in [5, 5.41) is 16.8. The lowest BCUT2D eigenvalue weighted by Gasteiger charge is -2.39. The second kappa shape index (κ2) is 13.6. The molecule has 4 atom stereocenters. The van der Waals surface area contributed by atoms with E-state index in [0.29, 0.717) is 0 Å². The zero-order valence-electron chi connectivity index (χ0n) is 25.1. The number of hydrogen-bond donors (Lipinski definition) is 5. The highest BCUT2D eigenvalue weighted by molar-refractivity contribution is 7.87. The molecule has 0 aromatic heterocycles. The van der Waals surface area contributed by atoms with Crippen LogP contribution in [0.1, 0.15) is 56.6 Å². The van der Waals surface area contributed by atoms with Crippen molar-refractivity contribution in [2.45, 2.75) is 77.0 Å². The van der Waals surface area contributed by atoms with E-state index in [2.05, 4.69) is 16.0 Å². The first kappa shape index (κ1) is 30.0. The van der Waals surface area contributed by atoms with Gasteiger partial charge in [0.05, 0.1) is 15.3 Å². The van der Waals surface area contributed by atoms with Crippen molar-refractivity contribution in [3.63, 3.8) is 0 Å². The molecular formula is C24H40N4O11S. The number of likely N-dealkylation sites (tertiary alicyclic amines) is 1. The van der Waals surface area contributed by atoms with Crippen LogP contribution < -0.4 is 16.0 Å². The largest absolute Gasteiger partial charge is 0.449 e. The Kier molecular flexibility index (Phi) is 10.2. The molecule has 2 rings (SSSR count).